The molecule has 0 unspecified atom stereocenters. The molecule has 0 aliphatic heterocycles. The number of imidazole rings is 1. The Hall–Kier alpha value is -4.25. The van der Waals surface area contributed by atoms with E-state index in [0.717, 1.165) is 35.2 Å². The number of hydrogen-bond acceptors (Lipinski definition) is 3. The summed E-state index contributed by atoms with van der Waals surface area (Å²) < 4.78 is 1.78. The fourth-order valence-electron chi connectivity index (χ4n) is 4.79. The van der Waals surface area contributed by atoms with Crippen LogP contribution in [-0.2, 0) is 12.8 Å². The van der Waals surface area contributed by atoms with Gasteiger partial charge in [-0.05, 0) is 59.7 Å². The zero-order chi connectivity index (χ0) is 23.1. The summed E-state index contributed by atoms with van der Waals surface area (Å²) in [7, 11) is 1.83. The molecule has 3 aromatic carbocycles. The molecule has 1 aliphatic rings. The zero-order valence-electron chi connectivity index (χ0n) is 19.0. The maximum atomic E-state index is 13.8. The minimum Gasteiger partial charge on any atom is -0.310 e. The number of rotatable bonds is 4. The number of hydrogen-bond donors (Lipinski definition) is 0. The molecule has 34 heavy (non-hydrogen) atoms. The molecule has 6 rings (SSSR count). The number of aryl methyl sites for hydroxylation is 2. The van der Waals surface area contributed by atoms with E-state index in [1.807, 2.05) is 55.7 Å². The van der Waals surface area contributed by atoms with E-state index in [2.05, 4.69) is 41.4 Å². The molecule has 2 aromatic heterocycles. The fraction of sp³-hybridized carbons (Fsp3) is 0.138. The molecule has 5 heteroatoms. The first-order chi connectivity index (χ1) is 16.7. The fourth-order valence-corrected chi connectivity index (χ4v) is 4.79. The van der Waals surface area contributed by atoms with Crippen LogP contribution < -0.4 is 4.90 Å². The van der Waals surface area contributed by atoms with E-state index in [-0.39, 0.29) is 5.91 Å². The van der Waals surface area contributed by atoms with E-state index in [4.69, 9.17) is 4.98 Å². The van der Waals surface area contributed by atoms with Gasteiger partial charge in [0, 0.05) is 30.7 Å². The summed E-state index contributed by atoms with van der Waals surface area (Å²) in [5, 5.41) is 0. The molecule has 2 heterocycles. The third-order valence-corrected chi connectivity index (χ3v) is 6.65. The number of nitrogens with zero attached hydrogens (tertiary/aromatic N) is 4. The topological polar surface area (TPSA) is 50.5 Å². The Labute approximate surface area is 198 Å². The molecule has 166 valence electrons. The van der Waals surface area contributed by atoms with Gasteiger partial charge in [-0.2, -0.15) is 0 Å². The molecule has 0 N–H and O–H groups in total. The average Bonchev–Trinajstić information content (AvgIpc) is 3.53. The zero-order valence-corrected chi connectivity index (χ0v) is 19.0. The molecule has 5 aromatic rings. The highest BCUT2D eigenvalue weighted by Gasteiger charge is 2.25. The van der Waals surface area contributed by atoms with Gasteiger partial charge in [0.2, 0.25) is 5.78 Å². The lowest BCUT2D eigenvalue weighted by Gasteiger charge is -2.19. The van der Waals surface area contributed by atoms with Crippen molar-refractivity contribution in [3.05, 3.63) is 108 Å². The molecule has 0 radical (unpaired) electrons. The van der Waals surface area contributed by atoms with Crippen molar-refractivity contribution in [2.75, 3.05) is 11.9 Å². The molecule has 1 aliphatic carbocycles. The van der Waals surface area contributed by atoms with Crippen LogP contribution in [0.2, 0.25) is 0 Å². The number of amides is 1. The molecule has 0 bridgehead atoms. The SMILES string of the molecule is CN(C(=O)c1c(-c2ccc(-c3ccccc3)cc2)nc2ncccn12)c1ccc2c(c1)CCC2. The maximum Gasteiger partial charge on any atom is 0.277 e. The van der Waals surface area contributed by atoms with Gasteiger partial charge in [-0.25, -0.2) is 9.97 Å². The highest BCUT2D eigenvalue weighted by Crippen LogP contribution is 2.31. The predicted octanol–water partition coefficient (Wildman–Crippen LogP) is 5.83. The van der Waals surface area contributed by atoms with Crippen molar-refractivity contribution in [2.24, 2.45) is 0 Å². The van der Waals surface area contributed by atoms with E-state index in [0.29, 0.717) is 17.2 Å². The van der Waals surface area contributed by atoms with Gasteiger partial charge >= 0.3 is 0 Å². The van der Waals surface area contributed by atoms with Gasteiger partial charge < -0.3 is 4.90 Å². The quantitative estimate of drug-likeness (QED) is 0.350. The molecule has 1 amide bonds. The molecule has 5 nitrogen and oxygen atoms in total. The van der Waals surface area contributed by atoms with E-state index < -0.39 is 0 Å². The molecule has 0 atom stereocenters. The second-order valence-corrected chi connectivity index (χ2v) is 8.71. The third kappa shape index (κ3) is 3.46. The third-order valence-electron chi connectivity index (χ3n) is 6.65. The van der Waals surface area contributed by atoms with Crippen molar-refractivity contribution < 1.29 is 4.79 Å². The number of aromatic nitrogens is 3. The Kier molecular flexibility index (Phi) is 4.95. The van der Waals surface area contributed by atoms with Crippen LogP contribution in [0.5, 0.6) is 0 Å². The van der Waals surface area contributed by atoms with Gasteiger partial charge in [0.15, 0.2) is 0 Å². The number of anilines is 1. The molecule has 0 saturated carbocycles. The van der Waals surface area contributed by atoms with Crippen LogP contribution in [0.25, 0.3) is 28.2 Å². The highest BCUT2D eigenvalue weighted by molar-refractivity contribution is 6.09. The average molecular weight is 445 g/mol. The largest absolute Gasteiger partial charge is 0.310 e. The first-order valence-corrected chi connectivity index (χ1v) is 11.6. The first kappa shape index (κ1) is 20.4. The van der Waals surface area contributed by atoms with Crippen LogP contribution in [0, 0.1) is 0 Å². The summed E-state index contributed by atoms with van der Waals surface area (Å²) in [6.45, 7) is 0. The summed E-state index contributed by atoms with van der Waals surface area (Å²) >= 11 is 0. The second-order valence-electron chi connectivity index (χ2n) is 8.71. The van der Waals surface area contributed by atoms with Crippen molar-refractivity contribution in [3.8, 4) is 22.4 Å². The first-order valence-electron chi connectivity index (χ1n) is 11.6. The minimum atomic E-state index is -0.111. The monoisotopic (exact) mass is 444 g/mol. The molecule has 0 saturated heterocycles. The van der Waals surface area contributed by atoms with Crippen LogP contribution in [0.4, 0.5) is 5.69 Å². The summed E-state index contributed by atoms with van der Waals surface area (Å²) in [5.41, 5.74) is 7.94. The highest BCUT2D eigenvalue weighted by atomic mass is 16.2. The van der Waals surface area contributed by atoms with Crippen molar-refractivity contribution in [2.45, 2.75) is 19.3 Å². The number of benzene rings is 3. The van der Waals surface area contributed by atoms with Gasteiger partial charge in [0.1, 0.15) is 11.4 Å². The van der Waals surface area contributed by atoms with E-state index >= 15 is 0 Å². The summed E-state index contributed by atoms with van der Waals surface area (Å²) in [5.74, 6) is 0.399. The predicted molar refractivity (Wildman–Crippen MR) is 135 cm³/mol. The number of carbonyl (C=O) groups excluding carboxylic acids is 1. The number of carbonyl (C=O) groups is 1. The summed E-state index contributed by atoms with van der Waals surface area (Å²) in [4.78, 5) is 24.7. The Morgan fingerprint density at radius 3 is 2.41 bits per heavy atom. The van der Waals surface area contributed by atoms with Crippen LogP contribution in [0.1, 0.15) is 28.0 Å². The standard InChI is InChI=1S/C29H24N4O/c1-32(25-16-15-21-9-5-10-24(21)19-25)28(34)27-26(31-29-30-17-6-18-33(27)29)23-13-11-22(12-14-23)20-7-3-2-4-8-20/h2-4,6-8,11-19H,5,9-10H2,1H3. The van der Waals surface area contributed by atoms with Crippen molar-refractivity contribution in [1.82, 2.24) is 14.4 Å². The lowest BCUT2D eigenvalue weighted by Crippen LogP contribution is -2.28. The lowest BCUT2D eigenvalue weighted by atomic mass is 10.0. The minimum absolute atomic E-state index is 0.111. The van der Waals surface area contributed by atoms with Gasteiger partial charge in [-0.3, -0.25) is 9.20 Å². The number of fused-ring (bicyclic) bond motifs is 2. The van der Waals surface area contributed by atoms with E-state index in [9.17, 15) is 4.79 Å². The molecular weight excluding hydrogens is 420 g/mol. The molecule has 0 fully saturated rings. The van der Waals surface area contributed by atoms with Gasteiger partial charge in [0.25, 0.3) is 5.91 Å². The van der Waals surface area contributed by atoms with Gasteiger partial charge in [-0.1, -0.05) is 60.7 Å². The normalized spacial score (nSPS) is 12.6. The Bertz CT molecular complexity index is 1500. The van der Waals surface area contributed by atoms with Gasteiger partial charge in [0.05, 0.1) is 0 Å². The Morgan fingerprint density at radius 1 is 0.853 bits per heavy atom. The van der Waals surface area contributed by atoms with Crippen molar-refractivity contribution in [1.29, 1.82) is 0 Å². The second kappa shape index (κ2) is 8.27. The maximum absolute atomic E-state index is 13.8. The summed E-state index contributed by atoms with van der Waals surface area (Å²) in [6, 6.07) is 26.6. The van der Waals surface area contributed by atoms with Gasteiger partial charge in [-0.15, -0.1) is 0 Å². The van der Waals surface area contributed by atoms with Crippen molar-refractivity contribution >= 4 is 17.4 Å². The summed E-state index contributed by atoms with van der Waals surface area (Å²) in [6.07, 6.45) is 6.92. The smallest absolute Gasteiger partial charge is 0.277 e. The molecular formula is C29H24N4O. The van der Waals surface area contributed by atoms with Crippen LogP contribution >= 0.6 is 0 Å². The van der Waals surface area contributed by atoms with E-state index in [1.165, 1.54) is 17.5 Å². The van der Waals surface area contributed by atoms with Crippen LogP contribution in [-0.4, -0.2) is 27.3 Å². The Morgan fingerprint density at radius 2 is 1.59 bits per heavy atom. The van der Waals surface area contributed by atoms with Crippen LogP contribution in [0.15, 0.2) is 91.3 Å². The van der Waals surface area contributed by atoms with Crippen LogP contribution in [0.3, 0.4) is 0 Å². The van der Waals surface area contributed by atoms with E-state index in [1.54, 1.807) is 15.5 Å². The van der Waals surface area contributed by atoms with Crippen molar-refractivity contribution in [3.63, 3.8) is 0 Å². The molecule has 0 spiro atoms. The Balaban J connectivity index is 1.42. The lowest BCUT2D eigenvalue weighted by molar-refractivity contribution is 0.0988.